The van der Waals surface area contributed by atoms with Gasteiger partial charge in [-0.05, 0) is 45.1 Å². The fraction of sp³-hybridized carbons (Fsp3) is 0.688. The van der Waals surface area contributed by atoms with E-state index in [9.17, 15) is 9.90 Å². The topological polar surface area (TPSA) is 74.5 Å². The molecule has 5 nitrogen and oxygen atoms in total. The summed E-state index contributed by atoms with van der Waals surface area (Å²) in [5.41, 5.74) is -1.21. The molecule has 1 aliphatic rings. The van der Waals surface area contributed by atoms with Gasteiger partial charge in [-0.15, -0.1) is 0 Å². The zero-order chi connectivity index (χ0) is 16.2. The van der Waals surface area contributed by atoms with Crippen molar-refractivity contribution in [3.8, 4) is 0 Å². The Bertz CT molecular complexity index is 501. The first-order valence-corrected chi connectivity index (χ1v) is 9.07. The zero-order valence-corrected chi connectivity index (χ0v) is 14.3. The lowest BCUT2D eigenvalue weighted by Crippen LogP contribution is -2.50. The molecule has 1 aromatic rings. The lowest BCUT2D eigenvalue weighted by atomic mass is 9.95. The van der Waals surface area contributed by atoms with Gasteiger partial charge in [0.2, 0.25) is 0 Å². The Kier molecular flexibility index (Phi) is 5.81. The molecule has 0 aromatic carbocycles. The summed E-state index contributed by atoms with van der Waals surface area (Å²) in [7, 11) is 0. The molecule has 0 saturated heterocycles. The summed E-state index contributed by atoms with van der Waals surface area (Å²) in [5, 5.41) is 16.7. The smallest absolute Gasteiger partial charge is 0.315 e. The largest absolute Gasteiger partial charge is 0.463 e. The standard InChI is InChI=1S/C16H26N2O3S/c1-11-8-9-14(21-11)16(2,20)10-17-15(19)18-12-6-4-5-7-13(12)22-3/h8-9,12-13,20H,4-7,10H2,1-3H3,(H2,17,18,19)/t12-,13-,16-/m1/s1. The Balaban J connectivity index is 1.84. The van der Waals surface area contributed by atoms with Crippen molar-refractivity contribution in [2.45, 2.75) is 56.4 Å². The van der Waals surface area contributed by atoms with Gasteiger partial charge in [0.15, 0.2) is 0 Å². The number of nitrogens with one attached hydrogen (secondary N) is 2. The van der Waals surface area contributed by atoms with Crippen LogP contribution in [0.25, 0.3) is 0 Å². The molecular weight excluding hydrogens is 300 g/mol. The van der Waals surface area contributed by atoms with Crippen molar-refractivity contribution >= 4 is 17.8 Å². The maximum atomic E-state index is 12.1. The van der Waals surface area contributed by atoms with Crippen LogP contribution in [0.3, 0.4) is 0 Å². The maximum Gasteiger partial charge on any atom is 0.315 e. The summed E-state index contributed by atoms with van der Waals surface area (Å²) in [5.74, 6) is 1.20. The van der Waals surface area contributed by atoms with E-state index < -0.39 is 5.60 Å². The molecule has 0 aliphatic heterocycles. The van der Waals surface area contributed by atoms with E-state index in [4.69, 9.17) is 4.42 Å². The minimum absolute atomic E-state index is 0.114. The Labute approximate surface area is 136 Å². The van der Waals surface area contributed by atoms with Crippen LogP contribution in [0.5, 0.6) is 0 Å². The van der Waals surface area contributed by atoms with Gasteiger partial charge in [0.05, 0.1) is 6.54 Å². The van der Waals surface area contributed by atoms with Crippen molar-refractivity contribution in [3.63, 3.8) is 0 Å². The zero-order valence-electron chi connectivity index (χ0n) is 13.5. The Morgan fingerprint density at radius 2 is 2.18 bits per heavy atom. The number of hydrogen-bond donors (Lipinski definition) is 3. The monoisotopic (exact) mass is 326 g/mol. The number of aliphatic hydroxyl groups is 1. The van der Waals surface area contributed by atoms with Gasteiger partial charge in [-0.3, -0.25) is 0 Å². The van der Waals surface area contributed by atoms with E-state index in [1.54, 1.807) is 19.1 Å². The predicted molar refractivity (Wildman–Crippen MR) is 89.1 cm³/mol. The number of urea groups is 1. The van der Waals surface area contributed by atoms with Crippen LogP contribution in [-0.2, 0) is 5.60 Å². The normalized spacial score (nSPS) is 24.5. The highest BCUT2D eigenvalue weighted by Crippen LogP contribution is 2.27. The summed E-state index contributed by atoms with van der Waals surface area (Å²) in [6, 6.07) is 3.52. The van der Waals surface area contributed by atoms with E-state index in [0.717, 1.165) is 25.0 Å². The van der Waals surface area contributed by atoms with Gasteiger partial charge in [0.25, 0.3) is 0 Å². The Morgan fingerprint density at radius 3 is 2.82 bits per heavy atom. The first kappa shape index (κ1) is 17.2. The van der Waals surface area contributed by atoms with Crippen LogP contribution in [0, 0.1) is 6.92 Å². The molecule has 1 fully saturated rings. The summed E-state index contributed by atoms with van der Waals surface area (Å²) < 4.78 is 5.44. The molecule has 1 heterocycles. The number of carbonyl (C=O) groups excluding carboxylic acids is 1. The van der Waals surface area contributed by atoms with Gasteiger partial charge in [-0.25, -0.2) is 4.79 Å². The molecule has 2 rings (SSSR count). The second kappa shape index (κ2) is 7.42. The number of amides is 2. The van der Waals surface area contributed by atoms with Crippen molar-refractivity contribution in [1.82, 2.24) is 10.6 Å². The van der Waals surface area contributed by atoms with Gasteiger partial charge in [0.1, 0.15) is 17.1 Å². The molecule has 0 spiro atoms. The van der Waals surface area contributed by atoms with Crippen molar-refractivity contribution in [1.29, 1.82) is 0 Å². The quantitative estimate of drug-likeness (QED) is 0.778. The number of rotatable bonds is 5. The van der Waals surface area contributed by atoms with Crippen LogP contribution in [0.15, 0.2) is 16.5 Å². The molecule has 1 aromatic heterocycles. The van der Waals surface area contributed by atoms with Gasteiger partial charge in [-0.2, -0.15) is 11.8 Å². The number of carbonyl (C=O) groups is 1. The van der Waals surface area contributed by atoms with Gasteiger partial charge in [-0.1, -0.05) is 12.8 Å². The summed E-state index contributed by atoms with van der Waals surface area (Å²) in [6.07, 6.45) is 6.65. The molecule has 1 aliphatic carbocycles. The van der Waals surface area contributed by atoms with Crippen LogP contribution < -0.4 is 10.6 Å². The average molecular weight is 326 g/mol. The third-order valence-corrected chi connectivity index (χ3v) is 5.36. The molecule has 3 N–H and O–H groups in total. The molecule has 0 bridgehead atoms. The first-order valence-electron chi connectivity index (χ1n) is 7.79. The van der Waals surface area contributed by atoms with E-state index in [1.807, 2.05) is 18.7 Å². The lowest BCUT2D eigenvalue weighted by Gasteiger charge is -2.31. The van der Waals surface area contributed by atoms with Crippen molar-refractivity contribution in [2.24, 2.45) is 0 Å². The van der Waals surface area contributed by atoms with Crippen LogP contribution in [-0.4, -0.2) is 35.2 Å². The van der Waals surface area contributed by atoms with Gasteiger partial charge < -0.3 is 20.2 Å². The summed E-state index contributed by atoms with van der Waals surface area (Å²) >= 11 is 1.81. The number of furan rings is 1. The molecule has 0 radical (unpaired) electrons. The third-order valence-electron chi connectivity index (χ3n) is 4.19. The lowest BCUT2D eigenvalue weighted by molar-refractivity contribution is 0.0358. The average Bonchev–Trinajstić information content (AvgIpc) is 2.93. The third kappa shape index (κ3) is 4.43. The Hall–Kier alpha value is -1.14. The van der Waals surface area contributed by atoms with Gasteiger partial charge in [0, 0.05) is 11.3 Å². The highest BCUT2D eigenvalue weighted by atomic mass is 32.2. The van der Waals surface area contributed by atoms with Crippen molar-refractivity contribution < 1.29 is 14.3 Å². The molecule has 0 unspecified atom stereocenters. The minimum Gasteiger partial charge on any atom is -0.463 e. The van der Waals surface area contributed by atoms with Crippen molar-refractivity contribution in [3.05, 3.63) is 23.7 Å². The Morgan fingerprint density at radius 1 is 1.45 bits per heavy atom. The summed E-state index contributed by atoms with van der Waals surface area (Å²) in [6.45, 7) is 3.57. The minimum atomic E-state index is -1.21. The molecule has 22 heavy (non-hydrogen) atoms. The molecule has 3 atom stereocenters. The van der Waals surface area contributed by atoms with E-state index in [2.05, 4.69) is 16.9 Å². The van der Waals surface area contributed by atoms with E-state index in [1.165, 1.54) is 6.42 Å². The SMILES string of the molecule is CS[C@@H]1CCCC[C@H]1NC(=O)NC[C@@](C)(O)c1ccc(C)o1. The van der Waals surface area contributed by atoms with E-state index >= 15 is 0 Å². The molecule has 6 heteroatoms. The fourth-order valence-corrected chi connectivity index (χ4v) is 3.76. The number of thioether (sulfide) groups is 1. The van der Waals surface area contributed by atoms with Crippen LogP contribution >= 0.6 is 11.8 Å². The highest BCUT2D eigenvalue weighted by molar-refractivity contribution is 7.99. The van der Waals surface area contributed by atoms with Crippen molar-refractivity contribution in [2.75, 3.05) is 12.8 Å². The maximum absolute atomic E-state index is 12.1. The highest BCUT2D eigenvalue weighted by Gasteiger charge is 2.29. The first-order chi connectivity index (χ1) is 10.4. The molecule has 1 saturated carbocycles. The molecule has 124 valence electrons. The number of hydrogen-bond acceptors (Lipinski definition) is 4. The van der Waals surface area contributed by atoms with E-state index in [0.29, 0.717) is 11.0 Å². The molecule has 2 amide bonds. The predicted octanol–water partition coefficient (Wildman–Crippen LogP) is 2.77. The summed E-state index contributed by atoms with van der Waals surface area (Å²) in [4.78, 5) is 12.1. The number of aryl methyl sites for hydroxylation is 1. The van der Waals surface area contributed by atoms with Crippen LogP contribution in [0.2, 0.25) is 0 Å². The van der Waals surface area contributed by atoms with E-state index in [-0.39, 0.29) is 18.6 Å². The molecular formula is C16H26N2O3S. The van der Waals surface area contributed by atoms with Crippen LogP contribution in [0.4, 0.5) is 4.79 Å². The second-order valence-electron chi connectivity index (χ2n) is 6.18. The van der Waals surface area contributed by atoms with Gasteiger partial charge >= 0.3 is 6.03 Å². The second-order valence-corrected chi connectivity index (χ2v) is 7.25. The fourth-order valence-electron chi connectivity index (χ4n) is 2.83. The van der Waals surface area contributed by atoms with Crippen LogP contribution in [0.1, 0.15) is 44.1 Å².